The maximum Gasteiger partial charge on any atom is 0.139 e. The zero-order valence-corrected chi connectivity index (χ0v) is 13.2. The van der Waals surface area contributed by atoms with Crippen molar-refractivity contribution in [3.63, 3.8) is 0 Å². The summed E-state index contributed by atoms with van der Waals surface area (Å²) in [5.74, 6) is 1.39. The molecule has 0 heterocycles. The molecule has 2 nitrogen and oxygen atoms in total. The fraction of sp³-hybridized carbons (Fsp3) is 0.600. The van der Waals surface area contributed by atoms with Crippen LogP contribution in [0.5, 0.6) is 5.75 Å². The molecule has 0 aromatic heterocycles. The van der Waals surface area contributed by atoms with E-state index in [1.54, 1.807) is 6.07 Å². The van der Waals surface area contributed by atoms with Crippen molar-refractivity contribution in [2.75, 3.05) is 19.7 Å². The molecule has 0 fully saturated rings. The zero-order valence-electron chi connectivity index (χ0n) is 11.7. The largest absolute Gasteiger partial charge is 0.492 e. The van der Waals surface area contributed by atoms with Crippen molar-refractivity contribution in [2.45, 2.75) is 33.1 Å². The summed E-state index contributed by atoms with van der Waals surface area (Å²) < 4.78 is 5.63. The van der Waals surface area contributed by atoms with Crippen molar-refractivity contribution in [3.05, 3.63) is 28.2 Å². The predicted octanol–water partition coefficient (Wildman–Crippen LogP) is 4.79. The Kier molecular flexibility index (Phi) is 8.27. The van der Waals surface area contributed by atoms with E-state index in [1.807, 2.05) is 12.1 Å². The summed E-state index contributed by atoms with van der Waals surface area (Å²) in [6.07, 6.45) is 3.37. The van der Waals surface area contributed by atoms with Crippen LogP contribution in [0.25, 0.3) is 0 Å². The third kappa shape index (κ3) is 7.05. The topological polar surface area (TPSA) is 21.3 Å². The molecule has 0 unspecified atom stereocenters. The second-order valence-corrected chi connectivity index (χ2v) is 5.84. The minimum absolute atomic E-state index is 0.503. The Bertz CT molecular complexity index is 369. The molecule has 0 radical (unpaired) electrons. The molecule has 1 aromatic carbocycles. The van der Waals surface area contributed by atoms with E-state index in [0.717, 1.165) is 25.9 Å². The van der Waals surface area contributed by atoms with Gasteiger partial charge in [0.1, 0.15) is 10.8 Å². The van der Waals surface area contributed by atoms with E-state index >= 15 is 0 Å². The average Bonchev–Trinajstić information content (AvgIpc) is 2.37. The van der Waals surface area contributed by atoms with Crippen LogP contribution in [-0.2, 0) is 0 Å². The Morgan fingerprint density at radius 1 is 1.16 bits per heavy atom. The molecule has 108 valence electrons. The van der Waals surface area contributed by atoms with Gasteiger partial charge in [-0.15, -0.1) is 0 Å². The van der Waals surface area contributed by atoms with Gasteiger partial charge in [-0.2, -0.15) is 0 Å². The Labute approximate surface area is 126 Å². The van der Waals surface area contributed by atoms with E-state index < -0.39 is 0 Å². The number of ether oxygens (including phenoxy) is 1. The minimum Gasteiger partial charge on any atom is -0.492 e. The Morgan fingerprint density at radius 3 is 2.68 bits per heavy atom. The molecule has 0 aliphatic carbocycles. The normalized spacial score (nSPS) is 11.0. The maximum atomic E-state index is 6.04. The lowest BCUT2D eigenvalue weighted by Crippen LogP contribution is -2.20. The van der Waals surface area contributed by atoms with Gasteiger partial charge in [0.25, 0.3) is 0 Å². The second kappa shape index (κ2) is 9.46. The molecule has 0 aliphatic rings. The van der Waals surface area contributed by atoms with Gasteiger partial charge in [0.05, 0.1) is 11.6 Å². The average molecular weight is 304 g/mol. The van der Waals surface area contributed by atoms with Gasteiger partial charge in [-0.3, -0.25) is 0 Å². The summed E-state index contributed by atoms with van der Waals surface area (Å²) in [4.78, 5) is 0. The summed E-state index contributed by atoms with van der Waals surface area (Å²) >= 11 is 12.0. The van der Waals surface area contributed by atoms with Crippen LogP contribution < -0.4 is 10.1 Å². The maximum absolute atomic E-state index is 6.04. The lowest BCUT2D eigenvalue weighted by atomic mass is 10.2. The number of nitrogens with one attached hydrogen (secondary N) is 1. The van der Waals surface area contributed by atoms with E-state index in [9.17, 15) is 0 Å². The van der Waals surface area contributed by atoms with Crippen LogP contribution in [0.2, 0.25) is 10.0 Å². The second-order valence-electron chi connectivity index (χ2n) is 5.06. The van der Waals surface area contributed by atoms with Gasteiger partial charge in [-0.05, 0) is 50.4 Å². The molecule has 1 rings (SSSR count). The highest BCUT2D eigenvalue weighted by atomic mass is 35.5. The Balaban J connectivity index is 2.06. The third-order valence-electron chi connectivity index (χ3n) is 2.72. The van der Waals surface area contributed by atoms with E-state index in [-0.39, 0.29) is 0 Å². The number of hydrogen-bond donors (Lipinski definition) is 1. The number of rotatable bonds is 9. The first-order valence-electron chi connectivity index (χ1n) is 6.88. The van der Waals surface area contributed by atoms with Crippen molar-refractivity contribution in [1.82, 2.24) is 5.32 Å². The molecule has 0 saturated carbocycles. The van der Waals surface area contributed by atoms with Gasteiger partial charge < -0.3 is 10.1 Å². The van der Waals surface area contributed by atoms with Gasteiger partial charge in [0.2, 0.25) is 0 Å². The first kappa shape index (κ1) is 16.6. The van der Waals surface area contributed by atoms with Gasteiger partial charge in [-0.25, -0.2) is 0 Å². The predicted molar refractivity (Wildman–Crippen MR) is 83.5 cm³/mol. The standard InChI is InChI=1S/C15H23Cl2NO/c1-12(2)11-18-9-4-3-5-10-19-14-8-6-7-13(16)15(14)17/h6-8,12,18H,3-5,9-11H2,1-2H3. The van der Waals surface area contributed by atoms with Crippen LogP contribution in [0.4, 0.5) is 0 Å². The molecule has 0 saturated heterocycles. The van der Waals surface area contributed by atoms with E-state index in [4.69, 9.17) is 27.9 Å². The fourth-order valence-electron chi connectivity index (χ4n) is 1.70. The molecule has 1 aromatic rings. The van der Waals surface area contributed by atoms with Crippen molar-refractivity contribution in [3.8, 4) is 5.75 Å². The van der Waals surface area contributed by atoms with Crippen LogP contribution in [0.1, 0.15) is 33.1 Å². The van der Waals surface area contributed by atoms with Crippen LogP contribution in [-0.4, -0.2) is 19.7 Å². The monoisotopic (exact) mass is 303 g/mol. The SMILES string of the molecule is CC(C)CNCCCCCOc1cccc(Cl)c1Cl. The van der Waals surface area contributed by atoms with Gasteiger partial charge in [0, 0.05) is 0 Å². The van der Waals surface area contributed by atoms with Crippen LogP contribution in [0.15, 0.2) is 18.2 Å². The van der Waals surface area contributed by atoms with Crippen LogP contribution >= 0.6 is 23.2 Å². The highest BCUT2D eigenvalue weighted by Crippen LogP contribution is 2.31. The zero-order chi connectivity index (χ0) is 14.1. The first-order chi connectivity index (χ1) is 9.11. The third-order valence-corrected chi connectivity index (χ3v) is 3.53. The Hall–Kier alpha value is -0.440. The molecule has 0 atom stereocenters. The van der Waals surface area contributed by atoms with Crippen molar-refractivity contribution >= 4 is 23.2 Å². The Morgan fingerprint density at radius 2 is 1.95 bits per heavy atom. The minimum atomic E-state index is 0.503. The number of unbranched alkanes of at least 4 members (excludes halogenated alkanes) is 2. The lowest BCUT2D eigenvalue weighted by molar-refractivity contribution is 0.305. The van der Waals surface area contributed by atoms with Gasteiger partial charge in [0.15, 0.2) is 0 Å². The van der Waals surface area contributed by atoms with Crippen molar-refractivity contribution in [1.29, 1.82) is 0 Å². The highest BCUT2D eigenvalue weighted by Gasteiger charge is 2.04. The molecule has 4 heteroatoms. The molecule has 0 amide bonds. The van der Waals surface area contributed by atoms with Crippen LogP contribution in [0, 0.1) is 5.92 Å². The highest BCUT2D eigenvalue weighted by molar-refractivity contribution is 6.42. The quantitative estimate of drug-likeness (QED) is 0.662. The molecule has 1 N–H and O–H groups in total. The summed E-state index contributed by atoms with van der Waals surface area (Å²) in [5, 5.41) is 4.47. The number of benzene rings is 1. The van der Waals surface area contributed by atoms with E-state index in [2.05, 4.69) is 19.2 Å². The number of halogens is 2. The number of hydrogen-bond acceptors (Lipinski definition) is 2. The fourth-order valence-corrected chi connectivity index (χ4v) is 2.04. The van der Waals surface area contributed by atoms with E-state index in [1.165, 1.54) is 6.42 Å². The smallest absolute Gasteiger partial charge is 0.139 e. The molecule has 19 heavy (non-hydrogen) atoms. The van der Waals surface area contributed by atoms with Crippen LogP contribution in [0.3, 0.4) is 0 Å². The molecular weight excluding hydrogens is 281 g/mol. The molecule has 0 bridgehead atoms. The summed E-state index contributed by atoms with van der Waals surface area (Å²) in [6, 6.07) is 5.45. The van der Waals surface area contributed by atoms with E-state index in [0.29, 0.717) is 28.3 Å². The molecular formula is C15H23Cl2NO. The molecule has 0 aliphatic heterocycles. The summed E-state index contributed by atoms with van der Waals surface area (Å²) in [6.45, 7) is 7.29. The summed E-state index contributed by atoms with van der Waals surface area (Å²) in [7, 11) is 0. The molecule has 0 spiro atoms. The summed E-state index contributed by atoms with van der Waals surface area (Å²) in [5.41, 5.74) is 0. The van der Waals surface area contributed by atoms with Crippen molar-refractivity contribution in [2.24, 2.45) is 5.92 Å². The van der Waals surface area contributed by atoms with Gasteiger partial charge >= 0.3 is 0 Å². The van der Waals surface area contributed by atoms with Gasteiger partial charge in [-0.1, -0.05) is 43.1 Å². The first-order valence-corrected chi connectivity index (χ1v) is 7.64. The van der Waals surface area contributed by atoms with Crippen molar-refractivity contribution < 1.29 is 4.74 Å². The lowest BCUT2D eigenvalue weighted by Gasteiger charge is -2.09.